The first kappa shape index (κ1) is 25.7. The summed E-state index contributed by atoms with van der Waals surface area (Å²) < 4.78 is 33.5. The molecule has 3 rings (SSSR count). The number of carbonyl (C=O) groups excluding carboxylic acids is 2. The molecule has 1 aromatic carbocycles. The minimum absolute atomic E-state index is 0.165. The standard InChI is InChI=1S/C25H38N2O5S/c1-16-6-8-22(9-7-16)26-23(28)15-32-25(29)21-10-12-27(13-11-21)33(30,31)24-19(4)17(2)14-18(3)20(24)5/h14,16,21-22H,6-13,15H2,1-5H3,(H,26,28). The smallest absolute Gasteiger partial charge is 0.309 e. The lowest BCUT2D eigenvalue weighted by Crippen LogP contribution is -2.42. The van der Waals surface area contributed by atoms with Crippen LogP contribution in [0.3, 0.4) is 0 Å². The van der Waals surface area contributed by atoms with Crippen molar-refractivity contribution in [3.63, 3.8) is 0 Å². The van der Waals surface area contributed by atoms with Gasteiger partial charge in [-0.05, 0) is 94.4 Å². The number of sulfonamides is 1. The summed E-state index contributed by atoms with van der Waals surface area (Å²) >= 11 is 0. The number of piperidine rings is 1. The third-order valence-electron chi connectivity index (χ3n) is 7.41. The number of benzene rings is 1. The molecule has 1 aliphatic carbocycles. The van der Waals surface area contributed by atoms with Crippen LogP contribution in [-0.4, -0.2) is 50.3 Å². The molecule has 0 radical (unpaired) electrons. The molecule has 184 valence electrons. The van der Waals surface area contributed by atoms with Crippen LogP contribution in [0.4, 0.5) is 0 Å². The van der Waals surface area contributed by atoms with E-state index in [9.17, 15) is 18.0 Å². The summed E-state index contributed by atoms with van der Waals surface area (Å²) in [5.41, 5.74) is 3.46. The van der Waals surface area contributed by atoms with E-state index >= 15 is 0 Å². The molecular formula is C25H38N2O5S. The molecule has 7 nitrogen and oxygen atoms in total. The van der Waals surface area contributed by atoms with Gasteiger partial charge >= 0.3 is 5.97 Å². The summed E-state index contributed by atoms with van der Waals surface area (Å²) in [7, 11) is -3.65. The molecule has 0 aromatic heterocycles. The van der Waals surface area contributed by atoms with E-state index in [1.54, 1.807) is 0 Å². The van der Waals surface area contributed by atoms with E-state index in [4.69, 9.17) is 4.74 Å². The average molecular weight is 479 g/mol. The first-order chi connectivity index (χ1) is 15.5. The van der Waals surface area contributed by atoms with E-state index in [1.807, 2.05) is 33.8 Å². The lowest BCUT2D eigenvalue weighted by molar-refractivity contribution is -0.153. The molecule has 2 aliphatic rings. The number of carbonyl (C=O) groups is 2. The molecule has 1 N–H and O–H groups in total. The van der Waals surface area contributed by atoms with Crippen LogP contribution in [-0.2, 0) is 24.3 Å². The van der Waals surface area contributed by atoms with Gasteiger partial charge in [0.2, 0.25) is 10.0 Å². The Kier molecular flexibility index (Phi) is 8.22. The van der Waals surface area contributed by atoms with Gasteiger partial charge in [0.05, 0.1) is 10.8 Å². The summed E-state index contributed by atoms with van der Waals surface area (Å²) in [5.74, 6) is -0.364. The minimum atomic E-state index is -3.65. The van der Waals surface area contributed by atoms with Gasteiger partial charge in [0.25, 0.3) is 5.91 Å². The van der Waals surface area contributed by atoms with Gasteiger partial charge in [-0.25, -0.2) is 8.42 Å². The molecule has 1 saturated heterocycles. The summed E-state index contributed by atoms with van der Waals surface area (Å²) in [6.07, 6.45) is 4.92. The van der Waals surface area contributed by atoms with Crippen LogP contribution in [0.15, 0.2) is 11.0 Å². The predicted octanol–water partition coefficient (Wildman–Crippen LogP) is 3.56. The number of aryl methyl sites for hydroxylation is 2. The first-order valence-corrected chi connectivity index (χ1v) is 13.5. The first-order valence-electron chi connectivity index (χ1n) is 12.0. The SMILES string of the molecule is Cc1cc(C)c(C)c(S(=O)(=O)N2CCC(C(=O)OCC(=O)NC3CCC(C)CC3)CC2)c1C. The summed E-state index contributed by atoms with van der Waals surface area (Å²) in [4.78, 5) is 25.0. The van der Waals surface area contributed by atoms with Crippen molar-refractivity contribution in [2.45, 2.75) is 84.1 Å². The highest BCUT2D eigenvalue weighted by Gasteiger charge is 2.35. The topological polar surface area (TPSA) is 92.8 Å². The molecule has 0 atom stereocenters. The fraction of sp³-hybridized carbons (Fsp3) is 0.680. The van der Waals surface area contributed by atoms with Gasteiger partial charge in [-0.15, -0.1) is 0 Å². The molecule has 8 heteroatoms. The van der Waals surface area contributed by atoms with Crippen LogP contribution < -0.4 is 5.32 Å². The average Bonchev–Trinajstić information content (AvgIpc) is 2.78. The lowest BCUT2D eigenvalue weighted by atomic mass is 9.87. The Morgan fingerprint density at radius 1 is 0.970 bits per heavy atom. The van der Waals surface area contributed by atoms with Crippen LogP contribution >= 0.6 is 0 Å². The zero-order valence-electron chi connectivity index (χ0n) is 20.6. The Morgan fingerprint density at radius 3 is 2.06 bits per heavy atom. The third kappa shape index (κ3) is 5.96. The molecular weight excluding hydrogens is 440 g/mol. The van der Waals surface area contributed by atoms with Gasteiger partial charge in [0.1, 0.15) is 0 Å². The largest absolute Gasteiger partial charge is 0.455 e. The number of rotatable bonds is 6. The fourth-order valence-corrected chi connectivity index (χ4v) is 7.00. The summed E-state index contributed by atoms with van der Waals surface area (Å²) in [6, 6.07) is 2.18. The number of nitrogens with one attached hydrogen (secondary N) is 1. The highest BCUT2D eigenvalue weighted by Crippen LogP contribution is 2.31. The van der Waals surface area contributed by atoms with E-state index in [0.29, 0.717) is 23.7 Å². The molecule has 0 unspecified atom stereocenters. The maximum atomic E-state index is 13.4. The molecule has 1 amide bonds. The molecule has 0 bridgehead atoms. The van der Waals surface area contributed by atoms with Crippen LogP contribution in [0.2, 0.25) is 0 Å². The van der Waals surface area contributed by atoms with Crippen molar-refractivity contribution in [3.05, 3.63) is 28.3 Å². The van der Waals surface area contributed by atoms with Crippen LogP contribution in [0.1, 0.15) is 67.7 Å². The maximum Gasteiger partial charge on any atom is 0.309 e. The molecule has 1 aromatic rings. The van der Waals surface area contributed by atoms with E-state index in [1.165, 1.54) is 4.31 Å². The fourth-order valence-electron chi connectivity index (χ4n) is 4.96. The molecule has 0 spiro atoms. The number of hydrogen-bond acceptors (Lipinski definition) is 5. The van der Waals surface area contributed by atoms with Gasteiger partial charge in [0.15, 0.2) is 6.61 Å². The van der Waals surface area contributed by atoms with Crippen LogP contribution in [0.25, 0.3) is 0 Å². The van der Waals surface area contributed by atoms with E-state index in [2.05, 4.69) is 12.2 Å². The van der Waals surface area contributed by atoms with Gasteiger partial charge in [-0.1, -0.05) is 13.0 Å². The van der Waals surface area contributed by atoms with Crippen molar-refractivity contribution in [2.24, 2.45) is 11.8 Å². The number of ether oxygens (including phenoxy) is 1. The normalized spacial score (nSPS) is 22.7. The second kappa shape index (κ2) is 10.6. The third-order valence-corrected chi connectivity index (χ3v) is 9.58. The number of esters is 1. The predicted molar refractivity (Wildman–Crippen MR) is 127 cm³/mol. The van der Waals surface area contributed by atoms with Crippen molar-refractivity contribution in [1.29, 1.82) is 0 Å². The van der Waals surface area contributed by atoms with E-state index in [0.717, 1.165) is 47.9 Å². The van der Waals surface area contributed by atoms with E-state index in [-0.39, 0.29) is 37.6 Å². The van der Waals surface area contributed by atoms with Gasteiger partial charge in [-0.2, -0.15) is 4.31 Å². The molecule has 1 aliphatic heterocycles. The lowest BCUT2D eigenvalue weighted by Gasteiger charge is -2.31. The van der Waals surface area contributed by atoms with Crippen molar-refractivity contribution in [3.8, 4) is 0 Å². The van der Waals surface area contributed by atoms with Crippen molar-refractivity contribution in [1.82, 2.24) is 9.62 Å². The quantitative estimate of drug-likeness (QED) is 0.631. The Balaban J connectivity index is 1.52. The minimum Gasteiger partial charge on any atom is -0.455 e. The van der Waals surface area contributed by atoms with Gasteiger partial charge < -0.3 is 10.1 Å². The highest BCUT2D eigenvalue weighted by atomic mass is 32.2. The van der Waals surface area contributed by atoms with Crippen molar-refractivity contribution in [2.75, 3.05) is 19.7 Å². The zero-order valence-corrected chi connectivity index (χ0v) is 21.4. The second-order valence-corrected chi connectivity index (χ2v) is 11.8. The number of nitrogens with zero attached hydrogens (tertiary/aromatic N) is 1. The number of hydrogen-bond donors (Lipinski definition) is 1. The zero-order chi connectivity index (χ0) is 24.3. The van der Waals surface area contributed by atoms with Crippen molar-refractivity contribution < 1.29 is 22.7 Å². The van der Waals surface area contributed by atoms with Crippen LogP contribution in [0.5, 0.6) is 0 Å². The molecule has 1 heterocycles. The molecule has 2 fully saturated rings. The van der Waals surface area contributed by atoms with Gasteiger partial charge in [-0.3, -0.25) is 9.59 Å². The molecule has 1 saturated carbocycles. The Morgan fingerprint density at radius 2 is 1.52 bits per heavy atom. The Hall–Kier alpha value is -1.93. The van der Waals surface area contributed by atoms with Crippen molar-refractivity contribution >= 4 is 21.9 Å². The summed E-state index contributed by atoms with van der Waals surface area (Å²) in [5, 5.41) is 2.96. The second-order valence-electron chi connectivity index (χ2n) is 9.90. The highest BCUT2D eigenvalue weighted by molar-refractivity contribution is 7.89. The summed E-state index contributed by atoms with van der Waals surface area (Å²) in [6.45, 7) is 10.0. The van der Waals surface area contributed by atoms with Gasteiger partial charge in [0, 0.05) is 19.1 Å². The Labute approximate surface area is 198 Å². The maximum absolute atomic E-state index is 13.4. The Bertz CT molecular complexity index is 962. The monoisotopic (exact) mass is 478 g/mol. The molecule has 33 heavy (non-hydrogen) atoms. The van der Waals surface area contributed by atoms with E-state index < -0.39 is 16.0 Å². The van der Waals surface area contributed by atoms with Crippen LogP contribution in [0, 0.1) is 39.5 Å². The number of amides is 1.